The molecule has 104 valence electrons. The van der Waals surface area contributed by atoms with Gasteiger partial charge in [-0.05, 0) is 50.8 Å². The summed E-state index contributed by atoms with van der Waals surface area (Å²) in [5.41, 5.74) is 1.98. The second-order valence-electron chi connectivity index (χ2n) is 4.59. The standard InChI is InChI=1S/C15H22N2O2/c1-3-16-15(19)17-14-10-6-9-13(11-14)8-5-4-7-12(2)18/h6,9-11H,3-5,7-8H2,1-2H3,(H2,16,17,19). The van der Waals surface area contributed by atoms with E-state index in [1.165, 1.54) is 5.56 Å². The summed E-state index contributed by atoms with van der Waals surface area (Å²) < 4.78 is 0. The molecule has 0 aliphatic carbocycles. The number of Topliss-reactive ketones (excluding diaryl/α,β-unsaturated/α-hetero) is 1. The summed E-state index contributed by atoms with van der Waals surface area (Å²) in [5, 5.41) is 5.48. The molecule has 2 amide bonds. The van der Waals surface area contributed by atoms with Crippen molar-refractivity contribution in [1.82, 2.24) is 5.32 Å². The van der Waals surface area contributed by atoms with Gasteiger partial charge in [-0.15, -0.1) is 0 Å². The lowest BCUT2D eigenvalue weighted by Crippen LogP contribution is -2.28. The number of aryl methyl sites for hydroxylation is 1. The Kier molecular flexibility index (Phi) is 6.64. The molecule has 0 atom stereocenters. The number of nitrogens with one attached hydrogen (secondary N) is 2. The van der Waals surface area contributed by atoms with Gasteiger partial charge in [0, 0.05) is 18.7 Å². The van der Waals surface area contributed by atoms with E-state index in [-0.39, 0.29) is 11.8 Å². The van der Waals surface area contributed by atoms with Crippen LogP contribution in [0.2, 0.25) is 0 Å². The van der Waals surface area contributed by atoms with Gasteiger partial charge >= 0.3 is 6.03 Å². The highest BCUT2D eigenvalue weighted by Gasteiger charge is 2.01. The largest absolute Gasteiger partial charge is 0.338 e. The second kappa shape index (κ2) is 8.29. The van der Waals surface area contributed by atoms with E-state index in [0.29, 0.717) is 13.0 Å². The van der Waals surface area contributed by atoms with E-state index >= 15 is 0 Å². The molecule has 0 aromatic heterocycles. The monoisotopic (exact) mass is 262 g/mol. The van der Waals surface area contributed by atoms with Gasteiger partial charge in [0.1, 0.15) is 5.78 Å². The molecule has 0 aliphatic heterocycles. The number of hydrogen-bond acceptors (Lipinski definition) is 2. The highest BCUT2D eigenvalue weighted by Crippen LogP contribution is 2.13. The number of amides is 2. The molecule has 1 aromatic rings. The van der Waals surface area contributed by atoms with E-state index in [4.69, 9.17) is 0 Å². The maximum Gasteiger partial charge on any atom is 0.319 e. The zero-order valence-electron chi connectivity index (χ0n) is 11.7. The number of unbranched alkanes of at least 4 members (excludes halogenated alkanes) is 1. The maximum absolute atomic E-state index is 11.4. The fourth-order valence-electron chi connectivity index (χ4n) is 1.84. The first kappa shape index (κ1) is 15.2. The number of urea groups is 1. The molecule has 4 heteroatoms. The molecule has 0 saturated carbocycles. The number of anilines is 1. The van der Waals surface area contributed by atoms with Crippen LogP contribution in [-0.4, -0.2) is 18.4 Å². The Labute approximate surface area is 114 Å². The third-order valence-electron chi connectivity index (χ3n) is 2.77. The average molecular weight is 262 g/mol. The predicted molar refractivity (Wildman–Crippen MR) is 77.4 cm³/mol. The van der Waals surface area contributed by atoms with E-state index < -0.39 is 0 Å². The fourth-order valence-corrected chi connectivity index (χ4v) is 1.84. The van der Waals surface area contributed by atoms with Crippen molar-refractivity contribution in [2.45, 2.75) is 39.5 Å². The van der Waals surface area contributed by atoms with Crippen LogP contribution < -0.4 is 10.6 Å². The normalized spacial score (nSPS) is 10.0. The summed E-state index contributed by atoms with van der Waals surface area (Å²) in [6, 6.07) is 7.63. The molecular weight excluding hydrogens is 240 g/mol. The van der Waals surface area contributed by atoms with Gasteiger partial charge in [0.2, 0.25) is 0 Å². The van der Waals surface area contributed by atoms with E-state index in [1.807, 2.05) is 31.2 Å². The van der Waals surface area contributed by atoms with E-state index in [2.05, 4.69) is 10.6 Å². The Bertz CT molecular complexity index is 430. The summed E-state index contributed by atoms with van der Waals surface area (Å²) >= 11 is 0. The van der Waals surface area contributed by atoms with Crippen LogP contribution in [0.25, 0.3) is 0 Å². The molecule has 0 saturated heterocycles. The zero-order chi connectivity index (χ0) is 14.1. The highest BCUT2D eigenvalue weighted by atomic mass is 16.2. The lowest BCUT2D eigenvalue weighted by Gasteiger charge is -2.07. The molecule has 0 fully saturated rings. The van der Waals surface area contributed by atoms with Crippen molar-refractivity contribution in [2.75, 3.05) is 11.9 Å². The third kappa shape index (κ3) is 6.60. The lowest BCUT2D eigenvalue weighted by molar-refractivity contribution is -0.117. The van der Waals surface area contributed by atoms with Crippen molar-refractivity contribution in [2.24, 2.45) is 0 Å². The molecule has 0 unspecified atom stereocenters. The number of carbonyl (C=O) groups is 2. The van der Waals surface area contributed by atoms with Crippen LogP contribution in [0.15, 0.2) is 24.3 Å². The molecule has 4 nitrogen and oxygen atoms in total. The smallest absolute Gasteiger partial charge is 0.319 e. The Hall–Kier alpha value is -1.84. The molecule has 0 aliphatic rings. The van der Waals surface area contributed by atoms with Gasteiger partial charge in [-0.2, -0.15) is 0 Å². The summed E-state index contributed by atoms with van der Waals surface area (Å²) in [6.45, 7) is 4.11. The summed E-state index contributed by atoms with van der Waals surface area (Å²) in [6.07, 6.45) is 3.49. The minimum absolute atomic E-state index is 0.184. The predicted octanol–water partition coefficient (Wildman–Crippen LogP) is 3.13. The molecule has 0 bridgehead atoms. The second-order valence-corrected chi connectivity index (χ2v) is 4.59. The fraction of sp³-hybridized carbons (Fsp3) is 0.467. The summed E-state index contributed by atoms with van der Waals surface area (Å²) in [5.74, 6) is 0.242. The minimum atomic E-state index is -0.184. The van der Waals surface area contributed by atoms with Crippen LogP contribution in [0.3, 0.4) is 0 Å². The molecule has 0 radical (unpaired) electrons. The number of benzene rings is 1. The SMILES string of the molecule is CCNC(=O)Nc1cccc(CCCCC(C)=O)c1. The summed E-state index contributed by atoms with van der Waals surface area (Å²) in [4.78, 5) is 22.2. The van der Waals surface area contributed by atoms with Gasteiger partial charge in [0.15, 0.2) is 0 Å². The van der Waals surface area contributed by atoms with Crippen LogP contribution in [0.1, 0.15) is 38.7 Å². The van der Waals surface area contributed by atoms with E-state index in [1.54, 1.807) is 6.92 Å². The first-order valence-electron chi connectivity index (χ1n) is 6.75. The van der Waals surface area contributed by atoms with Gasteiger partial charge in [-0.3, -0.25) is 0 Å². The van der Waals surface area contributed by atoms with Crippen LogP contribution >= 0.6 is 0 Å². The first-order chi connectivity index (χ1) is 9.11. The molecule has 0 spiro atoms. The number of ketones is 1. The van der Waals surface area contributed by atoms with Gasteiger partial charge in [-0.1, -0.05) is 12.1 Å². The van der Waals surface area contributed by atoms with Crippen molar-refractivity contribution in [3.63, 3.8) is 0 Å². The molecule has 0 heterocycles. The number of rotatable bonds is 7. The topological polar surface area (TPSA) is 58.2 Å². The minimum Gasteiger partial charge on any atom is -0.338 e. The van der Waals surface area contributed by atoms with Crippen LogP contribution in [0.4, 0.5) is 10.5 Å². The summed E-state index contributed by atoms with van der Waals surface area (Å²) in [7, 11) is 0. The van der Waals surface area contributed by atoms with Gasteiger partial charge in [0.05, 0.1) is 0 Å². The molecule has 19 heavy (non-hydrogen) atoms. The van der Waals surface area contributed by atoms with Crippen molar-refractivity contribution >= 4 is 17.5 Å². The van der Waals surface area contributed by atoms with E-state index in [9.17, 15) is 9.59 Å². The van der Waals surface area contributed by atoms with Crippen molar-refractivity contribution in [3.8, 4) is 0 Å². The molecule has 1 rings (SSSR count). The van der Waals surface area contributed by atoms with Crippen molar-refractivity contribution in [3.05, 3.63) is 29.8 Å². The Morgan fingerprint density at radius 3 is 2.68 bits per heavy atom. The molecule has 1 aromatic carbocycles. The van der Waals surface area contributed by atoms with E-state index in [0.717, 1.165) is 24.9 Å². The van der Waals surface area contributed by atoms with Crippen LogP contribution in [-0.2, 0) is 11.2 Å². The Balaban J connectivity index is 2.43. The molecule has 2 N–H and O–H groups in total. The zero-order valence-corrected chi connectivity index (χ0v) is 11.7. The van der Waals surface area contributed by atoms with Gasteiger partial charge < -0.3 is 15.4 Å². The first-order valence-corrected chi connectivity index (χ1v) is 6.75. The number of hydrogen-bond donors (Lipinski definition) is 2. The van der Waals surface area contributed by atoms with Gasteiger partial charge in [0.25, 0.3) is 0 Å². The van der Waals surface area contributed by atoms with Crippen molar-refractivity contribution < 1.29 is 9.59 Å². The van der Waals surface area contributed by atoms with Crippen LogP contribution in [0.5, 0.6) is 0 Å². The molecular formula is C15H22N2O2. The van der Waals surface area contributed by atoms with Crippen molar-refractivity contribution in [1.29, 1.82) is 0 Å². The maximum atomic E-state index is 11.4. The Morgan fingerprint density at radius 2 is 2.00 bits per heavy atom. The van der Waals surface area contributed by atoms with Gasteiger partial charge in [-0.25, -0.2) is 4.79 Å². The average Bonchev–Trinajstić information content (AvgIpc) is 2.35. The number of carbonyl (C=O) groups excluding carboxylic acids is 2. The highest BCUT2D eigenvalue weighted by molar-refractivity contribution is 5.89. The quantitative estimate of drug-likeness (QED) is 0.742. The Morgan fingerprint density at radius 1 is 1.21 bits per heavy atom. The van der Waals surface area contributed by atoms with Crippen LogP contribution in [0, 0.1) is 0 Å². The third-order valence-corrected chi connectivity index (χ3v) is 2.77. The lowest BCUT2D eigenvalue weighted by atomic mass is 10.1.